The molecule has 1 aliphatic carbocycles. The van der Waals surface area contributed by atoms with Crippen molar-refractivity contribution in [3.05, 3.63) is 69.3 Å². The summed E-state index contributed by atoms with van der Waals surface area (Å²) in [6.45, 7) is 12.0. The molecule has 2 aliphatic heterocycles. The van der Waals surface area contributed by atoms with Gasteiger partial charge in [0, 0.05) is 36.6 Å². The Morgan fingerprint density at radius 1 is 1.15 bits per heavy atom. The van der Waals surface area contributed by atoms with E-state index in [9.17, 15) is 19.5 Å². The van der Waals surface area contributed by atoms with E-state index in [2.05, 4.69) is 32.7 Å². The van der Waals surface area contributed by atoms with Gasteiger partial charge in [0.1, 0.15) is 23.0 Å². The van der Waals surface area contributed by atoms with Gasteiger partial charge in [0.15, 0.2) is 5.78 Å². The summed E-state index contributed by atoms with van der Waals surface area (Å²) in [4.78, 5) is 45.7. The van der Waals surface area contributed by atoms with E-state index in [1.807, 2.05) is 26.0 Å². The Morgan fingerprint density at radius 3 is 2.48 bits per heavy atom. The number of ketones is 1. The number of amides is 1. The van der Waals surface area contributed by atoms with E-state index in [1.54, 1.807) is 25.1 Å². The van der Waals surface area contributed by atoms with Crippen molar-refractivity contribution in [3.63, 3.8) is 0 Å². The van der Waals surface area contributed by atoms with Gasteiger partial charge in [-0.25, -0.2) is 9.78 Å². The van der Waals surface area contributed by atoms with Gasteiger partial charge >= 0.3 is 5.97 Å². The van der Waals surface area contributed by atoms with Crippen LogP contribution in [0.3, 0.4) is 0 Å². The second-order valence-corrected chi connectivity index (χ2v) is 12.3. The van der Waals surface area contributed by atoms with Crippen LogP contribution in [0.1, 0.15) is 73.6 Å². The van der Waals surface area contributed by atoms with Crippen molar-refractivity contribution >= 4 is 17.7 Å². The summed E-state index contributed by atoms with van der Waals surface area (Å²) in [5, 5.41) is 9.63. The molecule has 1 amide bonds. The van der Waals surface area contributed by atoms with Crippen molar-refractivity contribution in [3.8, 4) is 17.0 Å². The van der Waals surface area contributed by atoms with E-state index >= 15 is 0 Å². The number of ether oxygens (including phenoxy) is 2. The summed E-state index contributed by atoms with van der Waals surface area (Å²) in [5.41, 5.74) is 4.08. The van der Waals surface area contributed by atoms with E-state index in [0.717, 1.165) is 11.1 Å². The van der Waals surface area contributed by atoms with Crippen LogP contribution in [0.2, 0.25) is 0 Å². The van der Waals surface area contributed by atoms with Crippen LogP contribution >= 0.6 is 0 Å². The molecule has 5 rings (SSSR count). The second kappa shape index (κ2) is 9.61. The summed E-state index contributed by atoms with van der Waals surface area (Å²) in [5.74, 6) is -0.148. The number of pyridine rings is 1. The normalized spacial score (nSPS) is 22.0. The molecule has 210 valence electrons. The fraction of sp³-hybridized carbons (Fsp3) is 0.438. The lowest BCUT2D eigenvalue weighted by Gasteiger charge is -2.39. The van der Waals surface area contributed by atoms with Crippen molar-refractivity contribution < 1.29 is 29.0 Å². The third kappa shape index (κ3) is 4.30. The highest BCUT2D eigenvalue weighted by molar-refractivity contribution is 6.07. The third-order valence-corrected chi connectivity index (χ3v) is 8.27. The molecule has 2 atom stereocenters. The zero-order valence-corrected chi connectivity index (χ0v) is 24.3. The van der Waals surface area contributed by atoms with Gasteiger partial charge in [-0.15, -0.1) is 0 Å². The summed E-state index contributed by atoms with van der Waals surface area (Å²) < 4.78 is 12.4. The number of aryl methyl sites for hydroxylation is 1. The number of aromatic carboxylic acids is 1. The number of aromatic nitrogens is 1. The Labute approximate surface area is 234 Å². The molecule has 0 bridgehead atoms. The Balaban J connectivity index is 1.82. The quantitative estimate of drug-likeness (QED) is 0.524. The topological polar surface area (TPSA) is 106 Å². The van der Waals surface area contributed by atoms with Gasteiger partial charge in [0.2, 0.25) is 0 Å². The van der Waals surface area contributed by atoms with Crippen LogP contribution in [0, 0.1) is 25.2 Å². The van der Waals surface area contributed by atoms with E-state index < -0.39 is 11.9 Å². The molecule has 0 saturated heterocycles. The molecule has 8 heteroatoms. The molecule has 1 aromatic carbocycles. The minimum Gasteiger partial charge on any atom is -0.496 e. The van der Waals surface area contributed by atoms with Crippen LogP contribution in [0.5, 0.6) is 5.75 Å². The highest BCUT2D eigenvalue weighted by Gasteiger charge is 2.52. The standard InChI is InChI=1S/C32H36N2O6/c1-15(2)28-29-27(30(36)34(28)7)26(25-21(35)13-32(5,6)14-23(25)40-29)24-17(4)18(9-10-22(24)39-8)19-11-16(3)12-20(33-19)31(37)38/h9-12,15,26,28H,13-14H2,1-8H3,(H,37,38)/t26-,28+/m0/s1. The van der Waals surface area contributed by atoms with Crippen molar-refractivity contribution in [1.29, 1.82) is 0 Å². The molecule has 0 saturated carbocycles. The summed E-state index contributed by atoms with van der Waals surface area (Å²) >= 11 is 0. The first-order valence-electron chi connectivity index (χ1n) is 13.6. The van der Waals surface area contributed by atoms with Crippen molar-refractivity contribution in [2.75, 3.05) is 14.2 Å². The second-order valence-electron chi connectivity index (χ2n) is 12.3. The molecule has 3 aliphatic rings. The number of hydrogen-bond donors (Lipinski definition) is 1. The summed E-state index contributed by atoms with van der Waals surface area (Å²) in [7, 11) is 3.35. The molecule has 0 radical (unpaired) electrons. The zero-order chi connectivity index (χ0) is 29.3. The number of hydrogen-bond acceptors (Lipinski definition) is 6. The Bertz CT molecular complexity index is 1530. The van der Waals surface area contributed by atoms with E-state index in [1.165, 1.54) is 6.07 Å². The first kappa shape index (κ1) is 27.6. The number of methoxy groups -OCH3 is 1. The number of carbonyl (C=O) groups excluding carboxylic acids is 2. The zero-order valence-electron chi connectivity index (χ0n) is 24.3. The molecule has 3 heterocycles. The Morgan fingerprint density at radius 2 is 1.85 bits per heavy atom. The molecule has 0 spiro atoms. The molecule has 1 N–H and O–H groups in total. The molecular weight excluding hydrogens is 508 g/mol. The largest absolute Gasteiger partial charge is 0.496 e. The van der Waals surface area contributed by atoms with E-state index in [4.69, 9.17) is 9.47 Å². The van der Waals surface area contributed by atoms with Gasteiger partial charge in [-0.3, -0.25) is 9.59 Å². The lowest BCUT2D eigenvalue weighted by atomic mass is 9.68. The van der Waals surface area contributed by atoms with Gasteiger partial charge in [0.05, 0.1) is 30.3 Å². The monoisotopic (exact) mass is 544 g/mol. The lowest BCUT2D eigenvalue weighted by Crippen LogP contribution is -2.36. The number of carboxylic acid groups (broad SMARTS) is 1. The van der Waals surface area contributed by atoms with Crippen molar-refractivity contribution in [2.45, 2.75) is 66.3 Å². The highest BCUT2D eigenvalue weighted by Crippen LogP contribution is 2.55. The minimum absolute atomic E-state index is 0.0417. The number of benzene rings is 1. The number of allylic oxidation sites excluding steroid dienone is 2. The molecule has 0 fully saturated rings. The minimum atomic E-state index is -1.11. The van der Waals surface area contributed by atoms with Crippen molar-refractivity contribution in [1.82, 2.24) is 9.88 Å². The van der Waals surface area contributed by atoms with Gasteiger partial charge in [-0.05, 0) is 60.6 Å². The average Bonchev–Trinajstić information content (AvgIpc) is 3.10. The maximum absolute atomic E-state index is 13.9. The first-order valence-corrected chi connectivity index (χ1v) is 13.6. The number of nitrogens with zero attached hydrogens (tertiary/aromatic N) is 2. The van der Waals surface area contributed by atoms with Crippen LogP contribution in [-0.4, -0.2) is 52.8 Å². The first-order chi connectivity index (χ1) is 18.8. The van der Waals surface area contributed by atoms with Gasteiger partial charge in [-0.1, -0.05) is 27.7 Å². The third-order valence-electron chi connectivity index (χ3n) is 8.27. The molecular formula is C32H36N2O6. The number of carbonyl (C=O) groups is 3. The maximum atomic E-state index is 13.9. The fourth-order valence-corrected chi connectivity index (χ4v) is 6.58. The molecule has 1 aromatic heterocycles. The maximum Gasteiger partial charge on any atom is 0.354 e. The van der Waals surface area contributed by atoms with Crippen LogP contribution < -0.4 is 4.74 Å². The number of carboxylic acids is 1. The number of rotatable bonds is 5. The van der Waals surface area contributed by atoms with E-state index in [-0.39, 0.29) is 34.8 Å². The Hall–Kier alpha value is -3.94. The SMILES string of the molecule is COc1ccc(-c2cc(C)cc(C(=O)O)n2)c(C)c1[C@H]1C2=C(CC(C)(C)CC2=O)OC2=C1C(=O)N(C)[C@@H]2C(C)C. The van der Waals surface area contributed by atoms with Crippen LogP contribution in [0.4, 0.5) is 0 Å². The highest BCUT2D eigenvalue weighted by atomic mass is 16.5. The molecule has 40 heavy (non-hydrogen) atoms. The molecule has 8 nitrogen and oxygen atoms in total. The van der Waals surface area contributed by atoms with Crippen LogP contribution in [0.25, 0.3) is 11.3 Å². The van der Waals surface area contributed by atoms with E-state index in [0.29, 0.717) is 58.1 Å². The van der Waals surface area contributed by atoms with Gasteiger partial charge in [-0.2, -0.15) is 0 Å². The summed E-state index contributed by atoms with van der Waals surface area (Å²) in [6, 6.07) is 6.76. The predicted octanol–water partition coefficient (Wildman–Crippen LogP) is 5.58. The number of likely N-dealkylation sites (N-methyl/N-ethyl adjacent to an activating group) is 1. The Kier molecular flexibility index (Phi) is 6.63. The van der Waals surface area contributed by atoms with Gasteiger partial charge < -0.3 is 19.5 Å². The summed E-state index contributed by atoms with van der Waals surface area (Å²) in [6.07, 6.45) is 0.918. The van der Waals surface area contributed by atoms with Crippen LogP contribution in [-0.2, 0) is 14.3 Å². The van der Waals surface area contributed by atoms with Crippen LogP contribution in [0.15, 0.2) is 46.9 Å². The number of Topliss-reactive ketones (excluding diaryl/α,β-unsaturated/α-hetero) is 1. The molecule has 0 unspecified atom stereocenters. The lowest BCUT2D eigenvalue weighted by molar-refractivity contribution is -0.126. The van der Waals surface area contributed by atoms with Crippen molar-refractivity contribution in [2.24, 2.45) is 11.3 Å². The molecule has 2 aromatic rings. The van der Waals surface area contributed by atoms with Gasteiger partial charge in [0.25, 0.3) is 5.91 Å². The average molecular weight is 545 g/mol. The fourth-order valence-electron chi connectivity index (χ4n) is 6.58. The smallest absolute Gasteiger partial charge is 0.354 e. The predicted molar refractivity (Wildman–Crippen MR) is 150 cm³/mol.